The zero-order valence-electron chi connectivity index (χ0n) is 11.9. The Bertz CT molecular complexity index is 756. The molecule has 0 fully saturated rings. The summed E-state index contributed by atoms with van der Waals surface area (Å²) in [5.74, 6) is 0.598. The topological polar surface area (TPSA) is 95.8 Å². The molecule has 2 aliphatic rings. The molecule has 8 nitrogen and oxygen atoms in total. The first kappa shape index (κ1) is 13.9. The molecule has 0 unspecified atom stereocenters. The smallest absolute Gasteiger partial charge is 0.266 e. The SMILES string of the molecule is CC(C)N1C(=O)c2cnc(S(C)(=O)=O)nc2N2CCN=C21. The van der Waals surface area contributed by atoms with E-state index in [0.717, 1.165) is 6.26 Å². The van der Waals surface area contributed by atoms with E-state index in [1.807, 2.05) is 13.8 Å². The lowest BCUT2D eigenvalue weighted by Crippen LogP contribution is -2.53. The molecule has 0 saturated carbocycles. The average molecular weight is 309 g/mol. The standard InChI is InChI=1S/C12H15N5O3S/c1-7(2)17-10(18)8-6-14-11(21(3,19)20)15-9(8)16-5-4-13-12(16)17/h6-7H,4-5H2,1-3H3. The summed E-state index contributed by atoms with van der Waals surface area (Å²) in [4.78, 5) is 28.1. The van der Waals surface area contributed by atoms with Crippen molar-refractivity contribution in [3.63, 3.8) is 0 Å². The van der Waals surface area contributed by atoms with Gasteiger partial charge in [0, 0.05) is 25.0 Å². The van der Waals surface area contributed by atoms with Gasteiger partial charge in [-0.2, -0.15) is 4.98 Å². The van der Waals surface area contributed by atoms with Crippen molar-refractivity contribution in [2.45, 2.75) is 25.0 Å². The molecule has 0 bridgehead atoms. The van der Waals surface area contributed by atoms with E-state index in [1.54, 1.807) is 9.80 Å². The fraction of sp³-hybridized carbons (Fsp3) is 0.500. The highest BCUT2D eigenvalue weighted by atomic mass is 32.2. The third kappa shape index (κ3) is 2.08. The number of carbonyl (C=O) groups is 1. The van der Waals surface area contributed by atoms with Gasteiger partial charge in [0.25, 0.3) is 5.91 Å². The van der Waals surface area contributed by atoms with Crippen molar-refractivity contribution in [1.29, 1.82) is 0 Å². The number of hydrogen-bond acceptors (Lipinski definition) is 7. The van der Waals surface area contributed by atoms with Crippen LogP contribution >= 0.6 is 0 Å². The van der Waals surface area contributed by atoms with Gasteiger partial charge < -0.3 is 0 Å². The fourth-order valence-electron chi connectivity index (χ4n) is 2.42. The minimum absolute atomic E-state index is 0.0559. The third-order valence-electron chi connectivity index (χ3n) is 3.33. The molecule has 1 amide bonds. The Hall–Kier alpha value is -2.03. The number of anilines is 1. The Morgan fingerprint density at radius 1 is 1.33 bits per heavy atom. The van der Waals surface area contributed by atoms with E-state index in [1.165, 1.54) is 6.20 Å². The van der Waals surface area contributed by atoms with Gasteiger partial charge in [-0.25, -0.2) is 13.4 Å². The first-order valence-corrected chi connectivity index (χ1v) is 8.42. The van der Waals surface area contributed by atoms with Crippen LogP contribution in [0.3, 0.4) is 0 Å². The lowest BCUT2D eigenvalue weighted by atomic mass is 10.1. The van der Waals surface area contributed by atoms with E-state index in [2.05, 4.69) is 15.0 Å². The second-order valence-corrected chi connectivity index (χ2v) is 7.17. The number of rotatable bonds is 2. The van der Waals surface area contributed by atoms with Gasteiger partial charge in [-0.1, -0.05) is 0 Å². The highest BCUT2D eigenvalue weighted by Crippen LogP contribution is 2.30. The molecular weight excluding hydrogens is 294 g/mol. The van der Waals surface area contributed by atoms with Crippen LogP contribution in [0, 0.1) is 0 Å². The number of amides is 1. The Labute approximate surface area is 122 Å². The van der Waals surface area contributed by atoms with Crippen molar-refractivity contribution in [2.75, 3.05) is 24.2 Å². The van der Waals surface area contributed by atoms with Crippen molar-refractivity contribution < 1.29 is 13.2 Å². The molecule has 3 rings (SSSR count). The van der Waals surface area contributed by atoms with Crippen molar-refractivity contribution in [3.8, 4) is 0 Å². The molecule has 0 aromatic carbocycles. The van der Waals surface area contributed by atoms with Gasteiger partial charge in [-0.3, -0.25) is 19.6 Å². The molecule has 2 aliphatic heterocycles. The number of guanidine groups is 1. The van der Waals surface area contributed by atoms with Gasteiger partial charge >= 0.3 is 0 Å². The second kappa shape index (κ2) is 4.48. The van der Waals surface area contributed by atoms with E-state index in [9.17, 15) is 13.2 Å². The van der Waals surface area contributed by atoms with Crippen LogP contribution in [0.1, 0.15) is 24.2 Å². The minimum Gasteiger partial charge on any atom is -0.294 e. The van der Waals surface area contributed by atoms with Crippen LogP contribution in [0.25, 0.3) is 0 Å². The zero-order valence-corrected chi connectivity index (χ0v) is 12.8. The molecule has 9 heteroatoms. The molecular formula is C12H15N5O3S. The van der Waals surface area contributed by atoms with Gasteiger partial charge in [-0.05, 0) is 13.8 Å². The zero-order chi connectivity index (χ0) is 15.4. The summed E-state index contributed by atoms with van der Waals surface area (Å²) in [6.45, 7) is 4.91. The van der Waals surface area contributed by atoms with Crippen molar-refractivity contribution in [2.24, 2.45) is 4.99 Å². The normalized spacial score (nSPS) is 17.9. The minimum atomic E-state index is -3.53. The Morgan fingerprint density at radius 3 is 2.67 bits per heavy atom. The van der Waals surface area contributed by atoms with Gasteiger partial charge in [0.05, 0.1) is 6.54 Å². The maximum absolute atomic E-state index is 12.6. The lowest BCUT2D eigenvalue weighted by Gasteiger charge is -2.36. The number of hydrogen-bond donors (Lipinski definition) is 0. The monoisotopic (exact) mass is 309 g/mol. The highest BCUT2D eigenvalue weighted by Gasteiger charge is 2.40. The predicted molar refractivity (Wildman–Crippen MR) is 76.1 cm³/mol. The molecule has 21 heavy (non-hydrogen) atoms. The summed E-state index contributed by atoms with van der Waals surface area (Å²) in [5, 5.41) is -0.279. The number of fused-ring (bicyclic) bond motifs is 3. The number of aliphatic imine (C=N–C) groups is 1. The predicted octanol–water partition coefficient (Wildman–Crippen LogP) is -0.0797. The maximum Gasteiger partial charge on any atom is 0.266 e. The Morgan fingerprint density at radius 2 is 2.05 bits per heavy atom. The van der Waals surface area contributed by atoms with Crippen LogP contribution in [-0.2, 0) is 9.84 Å². The number of aromatic nitrogens is 2. The Kier molecular flexibility index (Phi) is 2.97. The third-order valence-corrected chi connectivity index (χ3v) is 4.19. The molecule has 0 N–H and O–H groups in total. The number of carbonyl (C=O) groups excluding carboxylic acids is 1. The summed E-state index contributed by atoms with van der Waals surface area (Å²) in [7, 11) is -3.53. The van der Waals surface area contributed by atoms with E-state index >= 15 is 0 Å². The van der Waals surface area contributed by atoms with Gasteiger partial charge in [0.2, 0.25) is 21.0 Å². The van der Waals surface area contributed by atoms with Crippen molar-refractivity contribution >= 4 is 27.5 Å². The first-order valence-electron chi connectivity index (χ1n) is 6.53. The summed E-state index contributed by atoms with van der Waals surface area (Å²) < 4.78 is 23.2. The van der Waals surface area contributed by atoms with Crippen LogP contribution in [0.5, 0.6) is 0 Å². The van der Waals surface area contributed by atoms with Crippen molar-refractivity contribution in [1.82, 2.24) is 14.9 Å². The second-order valence-electron chi connectivity index (χ2n) is 5.26. The molecule has 0 aliphatic carbocycles. The van der Waals surface area contributed by atoms with Gasteiger partial charge in [-0.15, -0.1) is 0 Å². The Balaban J connectivity index is 2.20. The van der Waals surface area contributed by atoms with E-state index in [0.29, 0.717) is 30.4 Å². The lowest BCUT2D eigenvalue weighted by molar-refractivity contribution is 0.0810. The summed E-state index contributed by atoms with van der Waals surface area (Å²) >= 11 is 0. The molecule has 0 saturated heterocycles. The average Bonchev–Trinajstić information content (AvgIpc) is 2.86. The fourth-order valence-corrected chi connectivity index (χ4v) is 2.92. The molecule has 112 valence electrons. The van der Waals surface area contributed by atoms with Crippen LogP contribution in [-0.4, -0.2) is 60.5 Å². The molecule has 0 spiro atoms. The number of nitrogens with zero attached hydrogens (tertiary/aromatic N) is 5. The number of sulfone groups is 1. The van der Waals surface area contributed by atoms with Gasteiger partial charge in [0.1, 0.15) is 5.56 Å². The highest BCUT2D eigenvalue weighted by molar-refractivity contribution is 7.90. The molecule has 1 aromatic heterocycles. The summed E-state index contributed by atoms with van der Waals surface area (Å²) in [5.41, 5.74) is 0.303. The molecule has 1 aromatic rings. The van der Waals surface area contributed by atoms with Crippen LogP contribution in [0.4, 0.5) is 5.82 Å². The van der Waals surface area contributed by atoms with E-state index in [-0.39, 0.29) is 17.1 Å². The van der Waals surface area contributed by atoms with Crippen LogP contribution < -0.4 is 4.90 Å². The largest absolute Gasteiger partial charge is 0.294 e. The van der Waals surface area contributed by atoms with Gasteiger partial charge in [0.15, 0.2) is 5.82 Å². The van der Waals surface area contributed by atoms with E-state index < -0.39 is 9.84 Å². The van der Waals surface area contributed by atoms with Crippen molar-refractivity contribution in [3.05, 3.63) is 11.8 Å². The summed E-state index contributed by atoms with van der Waals surface area (Å²) in [6, 6.07) is -0.0559. The molecule has 0 atom stereocenters. The molecule has 0 radical (unpaired) electrons. The van der Waals surface area contributed by atoms with E-state index in [4.69, 9.17) is 0 Å². The maximum atomic E-state index is 12.6. The first-order chi connectivity index (χ1) is 9.80. The quantitative estimate of drug-likeness (QED) is 0.709. The summed E-state index contributed by atoms with van der Waals surface area (Å²) in [6.07, 6.45) is 2.32. The van der Waals surface area contributed by atoms with Crippen LogP contribution in [0.15, 0.2) is 16.3 Å². The molecule has 3 heterocycles. The van der Waals surface area contributed by atoms with Crippen LogP contribution in [0.2, 0.25) is 0 Å².